The first-order valence-electron chi connectivity index (χ1n) is 7.68. The molecule has 2 aromatic rings. The molecule has 1 amide bonds. The predicted molar refractivity (Wildman–Crippen MR) is 93.5 cm³/mol. The zero-order chi connectivity index (χ0) is 20.0. The van der Waals surface area contributed by atoms with Crippen molar-refractivity contribution < 1.29 is 27.6 Å². The van der Waals surface area contributed by atoms with Gasteiger partial charge in [0.2, 0.25) is 5.91 Å². The van der Waals surface area contributed by atoms with E-state index in [4.69, 9.17) is 4.74 Å². The maximum atomic E-state index is 12.4. The summed E-state index contributed by atoms with van der Waals surface area (Å²) >= 11 is 0. The number of nitrogens with one attached hydrogen (secondary N) is 1. The van der Waals surface area contributed by atoms with E-state index in [0.29, 0.717) is 5.56 Å². The quantitative estimate of drug-likeness (QED) is 0.455. The van der Waals surface area contributed by atoms with Gasteiger partial charge in [0.1, 0.15) is 5.75 Å². The minimum absolute atomic E-state index is 0.0575. The minimum atomic E-state index is -4.52. The summed E-state index contributed by atoms with van der Waals surface area (Å²) < 4.78 is 41.9. The summed E-state index contributed by atoms with van der Waals surface area (Å²) in [6.45, 7) is 0.172. The summed E-state index contributed by atoms with van der Waals surface area (Å²) in [4.78, 5) is 22.4. The summed E-state index contributed by atoms with van der Waals surface area (Å²) in [6, 6.07) is 10.2. The number of carbonyl (C=O) groups excluding carboxylic acids is 1. The number of nitro groups is 1. The first-order chi connectivity index (χ1) is 12.7. The van der Waals surface area contributed by atoms with Crippen LogP contribution in [0, 0.1) is 17.0 Å². The van der Waals surface area contributed by atoms with Crippen LogP contribution in [0.5, 0.6) is 5.75 Å². The molecule has 0 bridgehead atoms. The van der Waals surface area contributed by atoms with Gasteiger partial charge in [-0.2, -0.15) is 13.2 Å². The number of ether oxygens (including phenoxy) is 1. The van der Waals surface area contributed by atoms with Crippen LogP contribution in [0.25, 0.3) is 6.08 Å². The fourth-order valence-corrected chi connectivity index (χ4v) is 2.15. The lowest BCUT2D eigenvalue weighted by Crippen LogP contribution is -2.20. The molecule has 0 aromatic heterocycles. The molecule has 0 saturated carbocycles. The smallest absolute Gasteiger partial charge is 0.422 e. The van der Waals surface area contributed by atoms with Crippen LogP contribution in [-0.4, -0.2) is 23.6 Å². The number of hydrogen-bond donors (Lipinski definition) is 1. The second kappa shape index (κ2) is 8.35. The lowest BCUT2D eigenvalue weighted by Gasteiger charge is -2.14. The molecule has 1 N–H and O–H groups in total. The van der Waals surface area contributed by atoms with Gasteiger partial charge in [0.25, 0.3) is 5.69 Å². The molecule has 2 aromatic carbocycles. The third kappa shape index (κ3) is 6.14. The van der Waals surface area contributed by atoms with Gasteiger partial charge in [-0.05, 0) is 36.8 Å². The number of alkyl halides is 3. The average Bonchev–Trinajstić information content (AvgIpc) is 2.59. The van der Waals surface area contributed by atoms with Crippen molar-refractivity contribution in [2.45, 2.75) is 13.1 Å². The number of nitro benzene ring substituents is 1. The summed E-state index contributed by atoms with van der Waals surface area (Å²) in [7, 11) is 0. The van der Waals surface area contributed by atoms with Crippen LogP contribution >= 0.6 is 0 Å². The molecule has 0 spiro atoms. The molecule has 0 atom stereocenters. The Morgan fingerprint density at radius 1 is 1.26 bits per heavy atom. The Kier molecular flexibility index (Phi) is 6.17. The van der Waals surface area contributed by atoms with Gasteiger partial charge in [-0.15, -0.1) is 0 Å². The first-order valence-corrected chi connectivity index (χ1v) is 7.68. The molecule has 2 rings (SSSR count). The van der Waals surface area contributed by atoms with Crippen molar-refractivity contribution in [2.75, 3.05) is 11.9 Å². The standard InChI is InChI=1S/C18H15F3N2O4/c1-12-6-8-14(16(10-12)27-11-18(19,20)21)22-17(24)9-7-13-4-2-3-5-15(13)23(25)26/h2-10H,11H2,1H3,(H,22,24). The highest BCUT2D eigenvalue weighted by Gasteiger charge is 2.29. The molecule has 142 valence electrons. The maximum Gasteiger partial charge on any atom is 0.422 e. The Hall–Kier alpha value is -3.36. The largest absolute Gasteiger partial charge is 0.482 e. The highest BCUT2D eigenvalue weighted by Crippen LogP contribution is 2.28. The summed E-state index contributed by atoms with van der Waals surface area (Å²) in [5.74, 6) is -0.798. The third-order valence-electron chi connectivity index (χ3n) is 3.33. The van der Waals surface area contributed by atoms with Crippen LogP contribution in [-0.2, 0) is 4.79 Å². The summed E-state index contributed by atoms with van der Waals surface area (Å²) in [5, 5.41) is 13.4. The van der Waals surface area contributed by atoms with E-state index in [1.54, 1.807) is 19.1 Å². The van der Waals surface area contributed by atoms with Crippen molar-refractivity contribution in [2.24, 2.45) is 0 Å². The number of amides is 1. The average molecular weight is 380 g/mol. The summed E-state index contributed by atoms with van der Waals surface area (Å²) in [5.41, 5.74) is 0.754. The Morgan fingerprint density at radius 3 is 2.63 bits per heavy atom. The molecule has 0 unspecified atom stereocenters. The number of aryl methyl sites for hydroxylation is 1. The molecule has 0 aliphatic rings. The van der Waals surface area contributed by atoms with Crippen molar-refractivity contribution in [1.82, 2.24) is 0 Å². The lowest BCUT2D eigenvalue weighted by atomic mass is 10.1. The van der Waals surface area contributed by atoms with E-state index in [1.807, 2.05) is 0 Å². The molecular weight excluding hydrogens is 365 g/mol. The molecular formula is C18H15F3N2O4. The Labute approximate surface area is 152 Å². The molecule has 0 radical (unpaired) electrons. The Balaban J connectivity index is 2.15. The van der Waals surface area contributed by atoms with Crippen molar-refractivity contribution in [3.8, 4) is 5.75 Å². The van der Waals surface area contributed by atoms with Gasteiger partial charge in [-0.25, -0.2) is 0 Å². The van der Waals surface area contributed by atoms with E-state index in [2.05, 4.69) is 5.32 Å². The fraction of sp³-hybridized carbons (Fsp3) is 0.167. The van der Waals surface area contributed by atoms with E-state index in [0.717, 1.165) is 6.08 Å². The zero-order valence-corrected chi connectivity index (χ0v) is 14.1. The number of anilines is 1. The highest BCUT2D eigenvalue weighted by atomic mass is 19.4. The number of para-hydroxylation sites is 1. The number of rotatable bonds is 6. The fourth-order valence-electron chi connectivity index (χ4n) is 2.15. The van der Waals surface area contributed by atoms with Crippen LogP contribution in [0.2, 0.25) is 0 Å². The van der Waals surface area contributed by atoms with Crippen LogP contribution in [0.3, 0.4) is 0 Å². The molecule has 0 heterocycles. The van der Waals surface area contributed by atoms with Gasteiger partial charge in [-0.1, -0.05) is 18.2 Å². The number of nitrogens with zero attached hydrogens (tertiary/aromatic N) is 1. The van der Waals surface area contributed by atoms with Gasteiger partial charge in [-0.3, -0.25) is 14.9 Å². The molecule has 6 nitrogen and oxygen atoms in total. The van der Waals surface area contributed by atoms with Gasteiger partial charge in [0.15, 0.2) is 6.61 Å². The molecule has 0 aliphatic carbocycles. The van der Waals surface area contributed by atoms with Crippen LogP contribution in [0.15, 0.2) is 48.5 Å². The highest BCUT2D eigenvalue weighted by molar-refractivity contribution is 6.03. The third-order valence-corrected chi connectivity index (χ3v) is 3.33. The Morgan fingerprint density at radius 2 is 1.96 bits per heavy atom. The monoisotopic (exact) mass is 380 g/mol. The van der Waals surface area contributed by atoms with Gasteiger partial charge in [0, 0.05) is 12.1 Å². The van der Waals surface area contributed by atoms with E-state index < -0.39 is 23.6 Å². The molecule has 0 aliphatic heterocycles. The van der Waals surface area contributed by atoms with E-state index >= 15 is 0 Å². The Bertz CT molecular complexity index is 879. The maximum absolute atomic E-state index is 12.4. The SMILES string of the molecule is Cc1ccc(NC(=O)C=Cc2ccccc2[N+](=O)[O-])c(OCC(F)(F)F)c1. The predicted octanol–water partition coefficient (Wildman–Crippen LogP) is 4.50. The molecule has 0 fully saturated rings. The number of carbonyl (C=O) groups is 1. The molecule has 0 saturated heterocycles. The van der Waals surface area contributed by atoms with Crippen molar-refractivity contribution in [3.05, 3.63) is 69.8 Å². The number of hydrogen-bond acceptors (Lipinski definition) is 4. The van der Waals surface area contributed by atoms with Crippen LogP contribution in [0.1, 0.15) is 11.1 Å². The molecule has 27 heavy (non-hydrogen) atoms. The molecule has 9 heteroatoms. The van der Waals surface area contributed by atoms with Crippen LogP contribution in [0.4, 0.5) is 24.5 Å². The van der Waals surface area contributed by atoms with Crippen molar-refractivity contribution in [3.63, 3.8) is 0 Å². The normalized spacial score (nSPS) is 11.4. The van der Waals surface area contributed by atoms with Gasteiger partial charge >= 0.3 is 6.18 Å². The van der Waals surface area contributed by atoms with Crippen LogP contribution < -0.4 is 10.1 Å². The first kappa shape index (κ1) is 20.0. The van der Waals surface area contributed by atoms with E-state index in [9.17, 15) is 28.1 Å². The van der Waals surface area contributed by atoms with Gasteiger partial charge < -0.3 is 10.1 Å². The number of halogens is 3. The number of benzene rings is 2. The van der Waals surface area contributed by atoms with Gasteiger partial charge in [0.05, 0.1) is 16.2 Å². The van der Waals surface area contributed by atoms with Crippen molar-refractivity contribution in [1.29, 1.82) is 0 Å². The van der Waals surface area contributed by atoms with E-state index in [-0.39, 0.29) is 22.7 Å². The second-order valence-corrected chi connectivity index (χ2v) is 5.54. The zero-order valence-electron chi connectivity index (χ0n) is 14.1. The lowest BCUT2D eigenvalue weighted by molar-refractivity contribution is -0.385. The summed E-state index contributed by atoms with van der Waals surface area (Å²) in [6.07, 6.45) is -2.22. The topological polar surface area (TPSA) is 81.5 Å². The van der Waals surface area contributed by atoms with E-state index in [1.165, 1.54) is 36.4 Å². The van der Waals surface area contributed by atoms with Crippen molar-refractivity contribution >= 4 is 23.4 Å². The second-order valence-electron chi connectivity index (χ2n) is 5.54. The minimum Gasteiger partial charge on any atom is -0.482 e.